The highest BCUT2D eigenvalue weighted by Crippen LogP contribution is 2.22. The summed E-state index contributed by atoms with van der Waals surface area (Å²) in [6.07, 6.45) is 6.28. The smallest absolute Gasteiger partial charge is 0.243 e. The number of hydrogen-bond acceptors (Lipinski definition) is 6. The lowest BCUT2D eigenvalue weighted by molar-refractivity contribution is -0.134. The van der Waals surface area contributed by atoms with E-state index in [1.807, 2.05) is 13.0 Å². The van der Waals surface area contributed by atoms with Crippen LogP contribution in [0, 0.1) is 17.2 Å². The highest BCUT2D eigenvalue weighted by molar-refractivity contribution is 5.75. The lowest BCUT2D eigenvalue weighted by Crippen LogP contribution is -2.36. The van der Waals surface area contributed by atoms with E-state index >= 15 is 0 Å². The van der Waals surface area contributed by atoms with Gasteiger partial charge in [-0.15, -0.1) is 0 Å². The van der Waals surface area contributed by atoms with Crippen molar-refractivity contribution in [1.29, 1.82) is 5.26 Å². The van der Waals surface area contributed by atoms with Crippen molar-refractivity contribution >= 4 is 11.9 Å². The summed E-state index contributed by atoms with van der Waals surface area (Å²) in [7, 11) is 0. The highest BCUT2D eigenvalue weighted by Gasteiger charge is 2.23. The van der Waals surface area contributed by atoms with Gasteiger partial charge in [0.1, 0.15) is 6.07 Å². The van der Waals surface area contributed by atoms with Gasteiger partial charge in [-0.1, -0.05) is 6.92 Å². The lowest BCUT2D eigenvalue weighted by atomic mass is 9.93. The van der Waals surface area contributed by atoms with Gasteiger partial charge in [0.15, 0.2) is 0 Å². The molecule has 1 aliphatic rings. The molecule has 1 aromatic heterocycles. The zero-order valence-corrected chi connectivity index (χ0v) is 12.8. The molecule has 22 heavy (non-hydrogen) atoms. The number of amides is 1. The molecule has 1 saturated heterocycles. The van der Waals surface area contributed by atoms with Crippen LogP contribution in [0.5, 0.6) is 0 Å². The van der Waals surface area contributed by atoms with Crippen LogP contribution in [0.15, 0.2) is 12.4 Å². The minimum atomic E-state index is -0.0541. The second-order valence-electron chi connectivity index (χ2n) is 5.39. The summed E-state index contributed by atoms with van der Waals surface area (Å²) in [6.45, 7) is 4.17. The molecule has 0 spiro atoms. The fourth-order valence-corrected chi connectivity index (χ4v) is 2.42. The number of rotatable bonds is 6. The maximum Gasteiger partial charge on any atom is 0.243 e. The lowest BCUT2D eigenvalue weighted by Gasteiger charge is -2.31. The maximum atomic E-state index is 11.7. The molecule has 7 nitrogen and oxygen atoms in total. The van der Waals surface area contributed by atoms with Gasteiger partial charge in [-0.25, -0.2) is 15.4 Å². The van der Waals surface area contributed by atoms with E-state index in [1.165, 1.54) is 12.4 Å². The molecule has 1 aliphatic heterocycles. The summed E-state index contributed by atoms with van der Waals surface area (Å²) in [5.41, 5.74) is 2.94. The number of hydrogen-bond donors (Lipinski definition) is 1. The number of carbonyl (C=O) groups excluding carboxylic acids is 1. The van der Waals surface area contributed by atoms with Crippen molar-refractivity contribution in [3.63, 3.8) is 0 Å². The molecule has 0 unspecified atom stereocenters. The zero-order chi connectivity index (χ0) is 15.8. The van der Waals surface area contributed by atoms with Crippen LogP contribution in [-0.4, -0.2) is 35.6 Å². The number of anilines is 1. The molecule has 2 rings (SSSR count). The van der Waals surface area contributed by atoms with Gasteiger partial charge >= 0.3 is 0 Å². The number of nitrogens with one attached hydrogen (secondary N) is 1. The Kier molecular flexibility index (Phi) is 6.10. The zero-order valence-electron chi connectivity index (χ0n) is 12.8. The van der Waals surface area contributed by atoms with Crippen LogP contribution in [0.1, 0.15) is 38.2 Å². The summed E-state index contributed by atoms with van der Waals surface area (Å²) >= 11 is 0. The van der Waals surface area contributed by atoms with E-state index in [-0.39, 0.29) is 5.91 Å². The van der Waals surface area contributed by atoms with Gasteiger partial charge < -0.3 is 4.90 Å². The van der Waals surface area contributed by atoms with E-state index in [1.54, 1.807) is 0 Å². The first-order valence-electron chi connectivity index (χ1n) is 7.60. The third kappa shape index (κ3) is 4.67. The molecule has 0 atom stereocenters. The Balaban J connectivity index is 1.75. The maximum absolute atomic E-state index is 11.7. The highest BCUT2D eigenvalue weighted by atomic mass is 16.6. The molecule has 1 N–H and O–H groups in total. The SMILES string of the molecule is CCCONC(=O)CC1CCN(c2ncc(C#N)cn2)CC1. The Hall–Kier alpha value is -2.20. The number of hydroxylamine groups is 1. The number of nitrogens with zero attached hydrogens (tertiary/aromatic N) is 4. The van der Waals surface area contributed by atoms with Crippen LogP contribution in [0.25, 0.3) is 0 Å². The van der Waals surface area contributed by atoms with Crippen molar-refractivity contribution in [2.75, 3.05) is 24.6 Å². The van der Waals surface area contributed by atoms with Crippen molar-refractivity contribution in [2.24, 2.45) is 5.92 Å². The normalized spacial score (nSPS) is 15.4. The van der Waals surface area contributed by atoms with Gasteiger partial charge in [0.2, 0.25) is 11.9 Å². The first-order valence-corrected chi connectivity index (χ1v) is 7.60. The Labute approximate surface area is 130 Å². The average Bonchev–Trinajstić information content (AvgIpc) is 2.56. The van der Waals surface area contributed by atoms with Gasteiger partial charge in [0, 0.05) is 19.5 Å². The topological polar surface area (TPSA) is 91.1 Å². The minimum absolute atomic E-state index is 0.0541. The third-order valence-electron chi connectivity index (χ3n) is 3.63. The van der Waals surface area contributed by atoms with Crippen LogP contribution < -0.4 is 10.4 Å². The van der Waals surface area contributed by atoms with Crippen molar-refractivity contribution in [3.8, 4) is 6.07 Å². The quantitative estimate of drug-likeness (QED) is 0.631. The second-order valence-corrected chi connectivity index (χ2v) is 5.39. The molecule has 1 fully saturated rings. The van der Waals surface area contributed by atoms with Crippen molar-refractivity contribution in [3.05, 3.63) is 18.0 Å². The molecule has 0 aromatic carbocycles. The van der Waals surface area contributed by atoms with Gasteiger partial charge in [-0.05, 0) is 25.2 Å². The Morgan fingerprint density at radius 1 is 1.45 bits per heavy atom. The standard InChI is InChI=1S/C15H21N5O2/c1-2-7-22-19-14(21)8-12-3-5-20(6-4-12)15-17-10-13(9-16)11-18-15/h10-12H,2-8H2,1H3,(H,19,21). The third-order valence-corrected chi connectivity index (χ3v) is 3.63. The minimum Gasteiger partial charge on any atom is -0.341 e. The van der Waals surface area contributed by atoms with Gasteiger partial charge in [-0.2, -0.15) is 5.26 Å². The number of carbonyl (C=O) groups is 1. The molecular weight excluding hydrogens is 282 g/mol. The molecule has 118 valence electrons. The van der Waals surface area contributed by atoms with E-state index in [2.05, 4.69) is 20.3 Å². The first-order chi connectivity index (χ1) is 10.7. The molecule has 7 heteroatoms. The van der Waals surface area contributed by atoms with E-state index in [0.29, 0.717) is 30.5 Å². The summed E-state index contributed by atoms with van der Waals surface area (Å²) in [5.74, 6) is 0.953. The van der Waals surface area contributed by atoms with Crippen molar-refractivity contribution in [2.45, 2.75) is 32.6 Å². The summed E-state index contributed by atoms with van der Waals surface area (Å²) in [5, 5.41) is 8.74. The average molecular weight is 303 g/mol. The second kappa shape index (κ2) is 8.29. The molecule has 0 bridgehead atoms. The molecule has 2 heterocycles. The number of nitriles is 1. The fourth-order valence-electron chi connectivity index (χ4n) is 2.42. The fraction of sp³-hybridized carbons (Fsp3) is 0.600. The van der Waals surface area contributed by atoms with Crippen molar-refractivity contribution in [1.82, 2.24) is 15.4 Å². The van der Waals surface area contributed by atoms with Crippen LogP contribution in [0.3, 0.4) is 0 Å². The summed E-state index contributed by atoms with van der Waals surface area (Å²) < 4.78 is 0. The molecule has 0 saturated carbocycles. The molecule has 1 amide bonds. The number of aromatic nitrogens is 2. The van der Waals surface area contributed by atoms with Gasteiger partial charge in [0.25, 0.3) is 0 Å². The van der Waals surface area contributed by atoms with Gasteiger partial charge in [0.05, 0.1) is 24.6 Å². The number of piperidine rings is 1. The summed E-state index contributed by atoms with van der Waals surface area (Å²) in [6, 6.07) is 2.01. The van der Waals surface area contributed by atoms with Crippen LogP contribution in [0.4, 0.5) is 5.95 Å². The predicted molar refractivity (Wildman–Crippen MR) is 80.7 cm³/mol. The van der Waals surface area contributed by atoms with E-state index in [4.69, 9.17) is 10.1 Å². The predicted octanol–water partition coefficient (Wildman–Crippen LogP) is 1.41. The largest absolute Gasteiger partial charge is 0.341 e. The molecule has 0 aliphatic carbocycles. The molecule has 0 radical (unpaired) electrons. The van der Waals surface area contributed by atoms with Crippen LogP contribution in [0.2, 0.25) is 0 Å². The monoisotopic (exact) mass is 303 g/mol. The van der Waals surface area contributed by atoms with Crippen LogP contribution in [-0.2, 0) is 9.63 Å². The Morgan fingerprint density at radius 3 is 2.73 bits per heavy atom. The van der Waals surface area contributed by atoms with Crippen LogP contribution >= 0.6 is 0 Å². The van der Waals surface area contributed by atoms with E-state index in [0.717, 1.165) is 32.4 Å². The Bertz CT molecular complexity index is 518. The van der Waals surface area contributed by atoms with Gasteiger partial charge in [-0.3, -0.25) is 9.63 Å². The molecular formula is C15H21N5O2. The first kappa shape index (κ1) is 16.2. The Morgan fingerprint density at radius 2 is 2.14 bits per heavy atom. The molecule has 1 aromatic rings. The van der Waals surface area contributed by atoms with E-state index in [9.17, 15) is 4.79 Å². The summed E-state index contributed by atoms with van der Waals surface area (Å²) in [4.78, 5) is 27.2. The van der Waals surface area contributed by atoms with Crippen molar-refractivity contribution < 1.29 is 9.63 Å². The van der Waals surface area contributed by atoms with E-state index < -0.39 is 0 Å².